The molecule has 20 heavy (non-hydrogen) atoms. The molecule has 0 aliphatic carbocycles. The number of nitrogens with zero attached hydrogens (tertiary/aromatic N) is 1. The van der Waals surface area contributed by atoms with Crippen LogP contribution >= 0.6 is 15.9 Å². The molecule has 1 unspecified atom stereocenters. The van der Waals surface area contributed by atoms with E-state index in [4.69, 9.17) is 5.73 Å². The largest absolute Gasteiger partial charge is 0.335 e. The third kappa shape index (κ3) is 4.06. The summed E-state index contributed by atoms with van der Waals surface area (Å²) in [6.07, 6.45) is 0.922. The molecule has 0 fully saturated rings. The number of rotatable bonds is 6. The molecule has 1 amide bonds. The van der Waals surface area contributed by atoms with Crippen LogP contribution in [0.25, 0.3) is 0 Å². The smallest absolute Gasteiger partial charge is 0.240 e. The fourth-order valence-electron chi connectivity index (χ4n) is 2.19. The van der Waals surface area contributed by atoms with Gasteiger partial charge in [-0.05, 0) is 30.9 Å². The highest BCUT2D eigenvalue weighted by Crippen LogP contribution is 2.28. The fourth-order valence-corrected chi connectivity index (χ4v) is 2.81. The Morgan fingerprint density at radius 1 is 1.30 bits per heavy atom. The molecule has 0 heterocycles. The lowest BCUT2D eigenvalue weighted by atomic mass is 10.0. The molecule has 0 spiro atoms. The minimum Gasteiger partial charge on any atom is -0.335 e. The molecule has 0 radical (unpaired) electrons. The predicted molar refractivity (Wildman–Crippen MR) is 87.4 cm³/mol. The van der Waals surface area contributed by atoms with Gasteiger partial charge < -0.3 is 10.6 Å². The molecular formula is C16H25BrN2O. The van der Waals surface area contributed by atoms with E-state index in [1.807, 2.05) is 43.0 Å². The Labute approximate surface area is 130 Å². The summed E-state index contributed by atoms with van der Waals surface area (Å²) in [7, 11) is 0. The molecule has 2 atom stereocenters. The molecule has 0 aliphatic heterocycles. The van der Waals surface area contributed by atoms with Crippen molar-refractivity contribution < 1.29 is 4.79 Å². The maximum absolute atomic E-state index is 12.6. The van der Waals surface area contributed by atoms with Crippen LogP contribution in [0.1, 0.15) is 45.7 Å². The van der Waals surface area contributed by atoms with E-state index >= 15 is 0 Å². The van der Waals surface area contributed by atoms with Crippen LogP contribution < -0.4 is 5.73 Å². The molecule has 112 valence electrons. The number of amides is 1. The van der Waals surface area contributed by atoms with E-state index in [0.29, 0.717) is 0 Å². The van der Waals surface area contributed by atoms with Crippen LogP contribution in [-0.2, 0) is 4.79 Å². The van der Waals surface area contributed by atoms with Crippen LogP contribution in [0.15, 0.2) is 28.7 Å². The minimum atomic E-state index is -0.438. The molecule has 1 aromatic rings. The highest BCUT2D eigenvalue weighted by atomic mass is 79.9. The molecule has 0 saturated heterocycles. The van der Waals surface area contributed by atoms with Crippen molar-refractivity contribution in [2.24, 2.45) is 11.7 Å². The van der Waals surface area contributed by atoms with Crippen molar-refractivity contribution in [3.05, 3.63) is 34.3 Å². The van der Waals surface area contributed by atoms with Crippen molar-refractivity contribution in [2.45, 2.75) is 46.2 Å². The van der Waals surface area contributed by atoms with Gasteiger partial charge in [-0.1, -0.05) is 54.9 Å². The van der Waals surface area contributed by atoms with E-state index < -0.39 is 6.04 Å². The standard InChI is InChI=1S/C16H25BrN2O/c1-5-10-19(16(20)15(18)11(2)3)12(4)13-8-6-7-9-14(13)17/h6-9,11-12,15H,5,10,18H2,1-4H3/t12?,15-/m0/s1. The Hall–Kier alpha value is -0.870. The number of halogens is 1. The highest BCUT2D eigenvalue weighted by Gasteiger charge is 2.27. The van der Waals surface area contributed by atoms with Crippen LogP contribution in [0.2, 0.25) is 0 Å². The molecule has 0 bridgehead atoms. The van der Waals surface area contributed by atoms with Gasteiger partial charge in [0.1, 0.15) is 0 Å². The summed E-state index contributed by atoms with van der Waals surface area (Å²) in [5.74, 6) is 0.179. The first-order valence-electron chi connectivity index (χ1n) is 7.20. The number of nitrogens with two attached hydrogens (primary N) is 1. The molecule has 2 N–H and O–H groups in total. The van der Waals surface area contributed by atoms with Crippen LogP contribution in [0.4, 0.5) is 0 Å². The van der Waals surface area contributed by atoms with E-state index in [1.165, 1.54) is 0 Å². The Morgan fingerprint density at radius 3 is 2.40 bits per heavy atom. The fraction of sp³-hybridized carbons (Fsp3) is 0.562. The first kappa shape index (κ1) is 17.2. The predicted octanol–water partition coefficient (Wildman–Crippen LogP) is 3.73. The van der Waals surface area contributed by atoms with Gasteiger partial charge in [-0.25, -0.2) is 0 Å². The lowest BCUT2D eigenvalue weighted by Crippen LogP contribution is -2.47. The first-order chi connectivity index (χ1) is 9.40. The lowest BCUT2D eigenvalue weighted by molar-refractivity contribution is -0.135. The van der Waals surface area contributed by atoms with E-state index in [9.17, 15) is 4.79 Å². The van der Waals surface area contributed by atoms with Gasteiger partial charge in [0.25, 0.3) is 0 Å². The summed E-state index contributed by atoms with van der Waals surface area (Å²) in [6.45, 7) is 8.82. The van der Waals surface area contributed by atoms with Crippen LogP contribution in [0.5, 0.6) is 0 Å². The molecule has 3 nitrogen and oxygen atoms in total. The summed E-state index contributed by atoms with van der Waals surface area (Å²) in [4.78, 5) is 14.5. The average Bonchev–Trinajstić information content (AvgIpc) is 2.43. The minimum absolute atomic E-state index is 0.0165. The molecule has 0 aliphatic rings. The summed E-state index contributed by atoms with van der Waals surface area (Å²) >= 11 is 3.56. The summed E-state index contributed by atoms with van der Waals surface area (Å²) in [5.41, 5.74) is 7.16. The van der Waals surface area contributed by atoms with Gasteiger partial charge in [0.2, 0.25) is 5.91 Å². The second-order valence-corrected chi connectivity index (χ2v) is 6.35. The Kier molecular flexibility index (Phi) is 6.69. The van der Waals surface area contributed by atoms with Gasteiger partial charge in [-0.2, -0.15) is 0 Å². The molecule has 0 saturated carbocycles. The molecule has 1 rings (SSSR count). The van der Waals surface area contributed by atoms with E-state index in [0.717, 1.165) is 23.0 Å². The maximum atomic E-state index is 12.6. The maximum Gasteiger partial charge on any atom is 0.240 e. The van der Waals surface area contributed by atoms with Crippen molar-refractivity contribution in [1.82, 2.24) is 4.90 Å². The number of benzene rings is 1. The van der Waals surface area contributed by atoms with E-state index in [-0.39, 0.29) is 17.9 Å². The Balaban J connectivity index is 3.02. The summed E-state index contributed by atoms with van der Waals surface area (Å²) in [6, 6.07) is 7.60. The van der Waals surface area contributed by atoms with E-state index in [2.05, 4.69) is 29.8 Å². The monoisotopic (exact) mass is 340 g/mol. The van der Waals surface area contributed by atoms with Crippen molar-refractivity contribution >= 4 is 21.8 Å². The SMILES string of the molecule is CCCN(C(=O)[C@@H](N)C(C)C)C(C)c1ccccc1Br. The highest BCUT2D eigenvalue weighted by molar-refractivity contribution is 9.10. The molecule has 4 heteroatoms. The van der Waals surface area contributed by atoms with Gasteiger partial charge >= 0.3 is 0 Å². The van der Waals surface area contributed by atoms with Crippen molar-refractivity contribution in [1.29, 1.82) is 0 Å². The Morgan fingerprint density at radius 2 is 1.90 bits per heavy atom. The summed E-state index contributed by atoms with van der Waals surface area (Å²) in [5, 5.41) is 0. The average molecular weight is 341 g/mol. The second kappa shape index (κ2) is 7.79. The van der Waals surface area contributed by atoms with Gasteiger partial charge in [0, 0.05) is 11.0 Å². The van der Waals surface area contributed by atoms with E-state index in [1.54, 1.807) is 0 Å². The van der Waals surface area contributed by atoms with Crippen LogP contribution in [-0.4, -0.2) is 23.4 Å². The zero-order chi connectivity index (χ0) is 15.3. The third-order valence-electron chi connectivity index (χ3n) is 3.57. The van der Waals surface area contributed by atoms with Crippen LogP contribution in [0.3, 0.4) is 0 Å². The number of carbonyl (C=O) groups is 1. The quantitative estimate of drug-likeness (QED) is 0.857. The van der Waals surface area contributed by atoms with Gasteiger partial charge in [0.05, 0.1) is 12.1 Å². The third-order valence-corrected chi connectivity index (χ3v) is 4.30. The van der Waals surface area contributed by atoms with Gasteiger partial charge in [-0.3, -0.25) is 4.79 Å². The molecular weight excluding hydrogens is 316 g/mol. The Bertz CT molecular complexity index is 448. The van der Waals surface area contributed by atoms with Gasteiger partial charge in [-0.15, -0.1) is 0 Å². The molecule has 0 aromatic heterocycles. The van der Waals surface area contributed by atoms with Crippen LogP contribution in [0, 0.1) is 5.92 Å². The lowest BCUT2D eigenvalue weighted by Gasteiger charge is -2.33. The van der Waals surface area contributed by atoms with Crippen molar-refractivity contribution in [3.63, 3.8) is 0 Å². The zero-order valence-electron chi connectivity index (χ0n) is 12.8. The first-order valence-corrected chi connectivity index (χ1v) is 7.99. The second-order valence-electron chi connectivity index (χ2n) is 5.50. The number of hydrogen-bond donors (Lipinski definition) is 1. The van der Waals surface area contributed by atoms with Crippen molar-refractivity contribution in [2.75, 3.05) is 6.54 Å². The number of carbonyl (C=O) groups excluding carboxylic acids is 1. The topological polar surface area (TPSA) is 46.3 Å². The van der Waals surface area contributed by atoms with Gasteiger partial charge in [0.15, 0.2) is 0 Å². The number of hydrogen-bond acceptors (Lipinski definition) is 2. The summed E-state index contributed by atoms with van der Waals surface area (Å²) < 4.78 is 1.03. The zero-order valence-corrected chi connectivity index (χ0v) is 14.4. The molecule has 1 aromatic carbocycles. The van der Waals surface area contributed by atoms with Crippen molar-refractivity contribution in [3.8, 4) is 0 Å². The normalized spacial score (nSPS) is 14.2.